The van der Waals surface area contributed by atoms with E-state index in [0.29, 0.717) is 12.0 Å². The molecule has 1 aliphatic rings. The Bertz CT molecular complexity index is 352. The first-order valence-corrected chi connectivity index (χ1v) is 6.90. The lowest BCUT2D eigenvalue weighted by molar-refractivity contribution is 0.100. The summed E-state index contributed by atoms with van der Waals surface area (Å²) in [6, 6.07) is 3.89. The first kappa shape index (κ1) is 12.7. The van der Waals surface area contributed by atoms with Crippen LogP contribution in [-0.4, -0.2) is 11.1 Å². The van der Waals surface area contributed by atoms with Crippen LogP contribution in [0.1, 0.15) is 38.8 Å². The molecule has 1 aliphatic carbocycles. The maximum absolute atomic E-state index is 5.97. The fraction of sp³-hybridized carbons (Fsp3) is 0.643. The number of alkyl halides is 1. The van der Waals surface area contributed by atoms with Crippen LogP contribution >= 0.6 is 11.6 Å². The van der Waals surface area contributed by atoms with Crippen LogP contribution in [0.25, 0.3) is 0 Å². The van der Waals surface area contributed by atoms with Crippen molar-refractivity contribution in [2.45, 2.75) is 45.1 Å². The van der Waals surface area contributed by atoms with Gasteiger partial charge in [-0.15, -0.1) is 11.6 Å². The third kappa shape index (κ3) is 3.35. The van der Waals surface area contributed by atoms with E-state index >= 15 is 0 Å². The molecule has 2 rings (SSSR count). The van der Waals surface area contributed by atoms with E-state index in [2.05, 4.69) is 18.8 Å². The van der Waals surface area contributed by atoms with Crippen LogP contribution in [-0.2, 0) is 5.88 Å². The third-order valence-electron chi connectivity index (χ3n) is 3.79. The van der Waals surface area contributed by atoms with Crippen LogP contribution in [0.3, 0.4) is 0 Å². The first-order valence-electron chi connectivity index (χ1n) is 6.36. The molecule has 0 radical (unpaired) electrons. The van der Waals surface area contributed by atoms with Crippen molar-refractivity contribution in [3.05, 3.63) is 24.0 Å². The van der Waals surface area contributed by atoms with Crippen LogP contribution < -0.4 is 4.74 Å². The van der Waals surface area contributed by atoms with Gasteiger partial charge in [-0.25, -0.2) is 0 Å². The summed E-state index contributed by atoms with van der Waals surface area (Å²) in [5.74, 6) is 2.90. The van der Waals surface area contributed by atoms with E-state index in [4.69, 9.17) is 16.3 Å². The molecule has 17 heavy (non-hydrogen) atoms. The molecule has 0 amide bonds. The van der Waals surface area contributed by atoms with Gasteiger partial charge in [0, 0.05) is 0 Å². The number of ether oxygens (including phenoxy) is 1. The van der Waals surface area contributed by atoms with Crippen molar-refractivity contribution in [1.82, 2.24) is 4.98 Å². The minimum atomic E-state index is 0.352. The minimum absolute atomic E-state index is 0.352. The van der Waals surface area contributed by atoms with Gasteiger partial charge in [0.15, 0.2) is 0 Å². The van der Waals surface area contributed by atoms with Crippen molar-refractivity contribution in [3.63, 3.8) is 0 Å². The van der Waals surface area contributed by atoms with Crippen molar-refractivity contribution in [2.75, 3.05) is 0 Å². The minimum Gasteiger partial charge on any atom is -0.489 e. The fourth-order valence-electron chi connectivity index (χ4n) is 2.36. The van der Waals surface area contributed by atoms with Gasteiger partial charge in [0.1, 0.15) is 5.75 Å². The summed E-state index contributed by atoms with van der Waals surface area (Å²) in [6.45, 7) is 4.65. The second-order valence-corrected chi connectivity index (χ2v) is 5.39. The zero-order valence-electron chi connectivity index (χ0n) is 10.5. The Morgan fingerprint density at radius 1 is 1.29 bits per heavy atom. The number of hydrogen-bond donors (Lipinski definition) is 0. The molecule has 1 aromatic rings. The summed E-state index contributed by atoms with van der Waals surface area (Å²) in [4.78, 5) is 4.24. The summed E-state index contributed by atoms with van der Waals surface area (Å²) >= 11 is 5.70. The molecule has 0 N–H and O–H groups in total. The first-order chi connectivity index (χ1) is 8.19. The number of rotatable bonds is 3. The standard InChI is InChI=1S/C14H20ClNO/c1-10-3-5-13(7-11(10)2)17-14-6-4-12(8-15)16-9-14/h4,6,9-11,13H,3,5,7-8H2,1-2H3. The van der Waals surface area contributed by atoms with Crippen molar-refractivity contribution in [3.8, 4) is 5.75 Å². The molecular weight excluding hydrogens is 234 g/mol. The van der Waals surface area contributed by atoms with E-state index in [0.717, 1.165) is 36.1 Å². The summed E-state index contributed by atoms with van der Waals surface area (Å²) in [6.07, 6.45) is 5.70. The summed E-state index contributed by atoms with van der Waals surface area (Å²) in [5, 5.41) is 0. The predicted molar refractivity (Wildman–Crippen MR) is 70.4 cm³/mol. The maximum Gasteiger partial charge on any atom is 0.138 e. The van der Waals surface area contributed by atoms with Gasteiger partial charge in [-0.3, -0.25) is 4.98 Å². The Morgan fingerprint density at radius 3 is 2.71 bits per heavy atom. The molecule has 0 aliphatic heterocycles. The second-order valence-electron chi connectivity index (χ2n) is 5.13. The average Bonchev–Trinajstić information content (AvgIpc) is 2.35. The SMILES string of the molecule is CC1CCC(Oc2ccc(CCl)nc2)CC1C. The molecule has 0 aromatic carbocycles. The van der Waals surface area contributed by atoms with Crippen molar-refractivity contribution < 1.29 is 4.74 Å². The molecule has 1 saturated carbocycles. The van der Waals surface area contributed by atoms with Crippen LogP contribution in [0.2, 0.25) is 0 Å². The van der Waals surface area contributed by atoms with E-state index in [-0.39, 0.29) is 0 Å². The number of halogens is 1. The van der Waals surface area contributed by atoms with Gasteiger partial charge in [-0.1, -0.05) is 13.8 Å². The molecule has 0 saturated heterocycles. The van der Waals surface area contributed by atoms with Gasteiger partial charge in [0.05, 0.1) is 23.9 Å². The molecule has 3 heteroatoms. The van der Waals surface area contributed by atoms with Gasteiger partial charge in [-0.2, -0.15) is 0 Å². The molecular formula is C14H20ClNO. The highest BCUT2D eigenvalue weighted by Gasteiger charge is 2.25. The molecule has 94 valence electrons. The zero-order chi connectivity index (χ0) is 12.3. The van der Waals surface area contributed by atoms with E-state index in [1.54, 1.807) is 6.20 Å². The molecule has 3 atom stereocenters. The van der Waals surface area contributed by atoms with E-state index < -0.39 is 0 Å². The Labute approximate surface area is 108 Å². The van der Waals surface area contributed by atoms with E-state index in [1.807, 2.05) is 12.1 Å². The molecule has 2 nitrogen and oxygen atoms in total. The largest absolute Gasteiger partial charge is 0.489 e. The number of pyridine rings is 1. The Hall–Kier alpha value is -0.760. The highest BCUT2D eigenvalue weighted by atomic mass is 35.5. The molecule has 1 fully saturated rings. The predicted octanol–water partition coefficient (Wildman–Crippen LogP) is 4.02. The van der Waals surface area contributed by atoms with Gasteiger partial charge in [-0.05, 0) is 43.2 Å². The monoisotopic (exact) mass is 253 g/mol. The Kier molecular flexibility index (Phi) is 4.27. The molecule has 1 heterocycles. The second kappa shape index (κ2) is 5.72. The topological polar surface area (TPSA) is 22.1 Å². The van der Waals surface area contributed by atoms with Crippen molar-refractivity contribution in [1.29, 1.82) is 0 Å². The van der Waals surface area contributed by atoms with Crippen LogP contribution in [0.4, 0.5) is 0 Å². The zero-order valence-corrected chi connectivity index (χ0v) is 11.3. The Balaban J connectivity index is 1.92. The molecule has 3 unspecified atom stereocenters. The van der Waals surface area contributed by atoms with E-state index in [9.17, 15) is 0 Å². The fourth-order valence-corrected chi connectivity index (χ4v) is 2.52. The summed E-state index contributed by atoms with van der Waals surface area (Å²) in [5.41, 5.74) is 0.893. The van der Waals surface area contributed by atoms with Crippen molar-refractivity contribution >= 4 is 11.6 Å². The highest BCUT2D eigenvalue weighted by Crippen LogP contribution is 2.31. The van der Waals surface area contributed by atoms with Gasteiger partial charge >= 0.3 is 0 Å². The van der Waals surface area contributed by atoms with Gasteiger partial charge < -0.3 is 4.74 Å². The smallest absolute Gasteiger partial charge is 0.138 e. The lowest BCUT2D eigenvalue weighted by Gasteiger charge is -2.32. The quantitative estimate of drug-likeness (QED) is 0.759. The third-order valence-corrected chi connectivity index (χ3v) is 4.06. The normalized spacial score (nSPS) is 29.0. The lowest BCUT2D eigenvalue weighted by atomic mass is 9.80. The highest BCUT2D eigenvalue weighted by molar-refractivity contribution is 6.16. The van der Waals surface area contributed by atoms with Crippen molar-refractivity contribution in [2.24, 2.45) is 11.8 Å². The number of nitrogens with zero attached hydrogens (tertiary/aromatic N) is 1. The van der Waals surface area contributed by atoms with Gasteiger partial charge in [0.2, 0.25) is 0 Å². The molecule has 0 spiro atoms. The summed E-state index contributed by atoms with van der Waals surface area (Å²) in [7, 11) is 0. The Morgan fingerprint density at radius 2 is 2.12 bits per heavy atom. The van der Waals surface area contributed by atoms with E-state index in [1.165, 1.54) is 6.42 Å². The summed E-state index contributed by atoms with van der Waals surface area (Å²) < 4.78 is 5.97. The average molecular weight is 254 g/mol. The van der Waals surface area contributed by atoms with Crippen LogP contribution in [0.15, 0.2) is 18.3 Å². The molecule has 1 aromatic heterocycles. The number of hydrogen-bond acceptors (Lipinski definition) is 2. The molecule has 0 bridgehead atoms. The van der Waals surface area contributed by atoms with Crippen LogP contribution in [0.5, 0.6) is 5.75 Å². The maximum atomic E-state index is 5.97. The number of aromatic nitrogens is 1. The van der Waals surface area contributed by atoms with Crippen LogP contribution in [0, 0.1) is 11.8 Å². The lowest BCUT2D eigenvalue weighted by Crippen LogP contribution is -2.28. The van der Waals surface area contributed by atoms with Gasteiger partial charge in [0.25, 0.3) is 0 Å².